The summed E-state index contributed by atoms with van der Waals surface area (Å²) >= 11 is 1.07. The molecule has 0 saturated carbocycles. The highest BCUT2D eigenvalue weighted by atomic mass is 32.1. The summed E-state index contributed by atoms with van der Waals surface area (Å²) < 4.78 is 16.9. The van der Waals surface area contributed by atoms with Gasteiger partial charge in [-0.1, -0.05) is 13.8 Å². The molecule has 10 heteroatoms. The fourth-order valence-electron chi connectivity index (χ4n) is 2.95. The fourth-order valence-corrected chi connectivity index (χ4v) is 3.62. The molecular formula is C19H22N4O5S. The van der Waals surface area contributed by atoms with Crippen molar-refractivity contribution in [3.8, 4) is 11.5 Å². The highest BCUT2D eigenvalue weighted by molar-refractivity contribution is 7.04. The summed E-state index contributed by atoms with van der Waals surface area (Å²) in [4.78, 5) is 38.2. The summed E-state index contributed by atoms with van der Waals surface area (Å²) in [5, 5.41) is 4.33. The molecule has 0 spiro atoms. The average Bonchev–Trinajstić information content (AvgIpc) is 3.18. The Bertz CT molecular complexity index is 1160. The number of ether oxygens (including phenoxy) is 2. The Balaban J connectivity index is 1.96. The third kappa shape index (κ3) is 4.16. The van der Waals surface area contributed by atoms with Crippen molar-refractivity contribution in [2.24, 2.45) is 5.92 Å². The molecule has 0 radical (unpaired) electrons. The number of carbonyl (C=O) groups excluding carboxylic acids is 1. The number of methoxy groups -OCH3 is 2. The predicted octanol–water partition coefficient (Wildman–Crippen LogP) is 1.93. The number of hydrogen-bond donors (Lipinski definition) is 1. The second-order valence-electron chi connectivity index (χ2n) is 6.84. The van der Waals surface area contributed by atoms with E-state index in [1.165, 1.54) is 18.8 Å². The molecule has 0 bridgehead atoms. The molecule has 1 N–H and O–H groups in total. The second kappa shape index (κ2) is 8.48. The van der Waals surface area contributed by atoms with Gasteiger partial charge in [0.15, 0.2) is 5.52 Å². The standard InChI is InChI=1S/C19H22N4O5S/c1-11(2)8-23-18(25)17-14(10-29-21-17)22(19(23)26)9-16(24)20-13-6-5-12(27-3)7-15(13)28-4/h5-7,10-11H,8-9H2,1-4H3,(H,20,24). The smallest absolute Gasteiger partial charge is 0.332 e. The first kappa shape index (κ1) is 20.6. The van der Waals surface area contributed by atoms with E-state index in [2.05, 4.69) is 9.69 Å². The third-order valence-electron chi connectivity index (χ3n) is 4.28. The van der Waals surface area contributed by atoms with Crippen molar-refractivity contribution in [3.05, 3.63) is 44.4 Å². The van der Waals surface area contributed by atoms with Gasteiger partial charge in [-0.15, -0.1) is 0 Å². The van der Waals surface area contributed by atoms with Crippen LogP contribution in [0.2, 0.25) is 0 Å². The molecule has 3 rings (SSSR count). The Morgan fingerprint density at radius 3 is 2.62 bits per heavy atom. The SMILES string of the molecule is COc1ccc(NC(=O)Cn2c(=O)n(CC(C)C)c(=O)c3nscc32)c(OC)c1. The Hall–Kier alpha value is -3.14. The number of fused-ring (bicyclic) bond motifs is 1. The predicted molar refractivity (Wildman–Crippen MR) is 111 cm³/mol. The minimum Gasteiger partial charge on any atom is -0.497 e. The van der Waals surface area contributed by atoms with Crippen molar-refractivity contribution >= 4 is 34.2 Å². The van der Waals surface area contributed by atoms with Gasteiger partial charge in [0.1, 0.15) is 18.0 Å². The molecule has 29 heavy (non-hydrogen) atoms. The highest BCUT2D eigenvalue weighted by Gasteiger charge is 2.18. The zero-order valence-corrected chi connectivity index (χ0v) is 17.4. The monoisotopic (exact) mass is 418 g/mol. The number of rotatable bonds is 7. The van der Waals surface area contributed by atoms with Crippen molar-refractivity contribution in [2.75, 3.05) is 19.5 Å². The first-order chi connectivity index (χ1) is 13.8. The molecule has 0 aliphatic heterocycles. The van der Waals surface area contributed by atoms with Gasteiger partial charge >= 0.3 is 5.69 Å². The largest absolute Gasteiger partial charge is 0.497 e. The lowest BCUT2D eigenvalue weighted by Gasteiger charge is -2.14. The van der Waals surface area contributed by atoms with Crippen LogP contribution in [-0.2, 0) is 17.9 Å². The van der Waals surface area contributed by atoms with Gasteiger partial charge < -0.3 is 14.8 Å². The second-order valence-corrected chi connectivity index (χ2v) is 7.47. The van der Waals surface area contributed by atoms with E-state index in [4.69, 9.17) is 9.47 Å². The maximum Gasteiger partial charge on any atom is 0.332 e. The number of amides is 1. The number of anilines is 1. The minimum absolute atomic E-state index is 0.0855. The molecule has 0 saturated heterocycles. The van der Waals surface area contributed by atoms with Gasteiger partial charge in [0, 0.05) is 18.0 Å². The number of nitrogens with one attached hydrogen (secondary N) is 1. The van der Waals surface area contributed by atoms with Crippen LogP contribution in [0.1, 0.15) is 13.8 Å². The van der Waals surface area contributed by atoms with E-state index >= 15 is 0 Å². The summed E-state index contributed by atoms with van der Waals surface area (Å²) in [5.41, 5.74) is 0.00939. The van der Waals surface area contributed by atoms with E-state index in [9.17, 15) is 14.4 Å². The molecule has 0 fully saturated rings. The van der Waals surface area contributed by atoms with Gasteiger partial charge in [-0.2, -0.15) is 4.37 Å². The molecule has 0 atom stereocenters. The van der Waals surface area contributed by atoms with Crippen LogP contribution in [-0.4, -0.2) is 33.6 Å². The molecule has 2 aromatic heterocycles. The summed E-state index contributed by atoms with van der Waals surface area (Å²) in [6.07, 6.45) is 0. The number of nitrogens with zero attached hydrogens (tertiary/aromatic N) is 3. The van der Waals surface area contributed by atoms with E-state index in [1.807, 2.05) is 13.8 Å². The maximum absolute atomic E-state index is 12.9. The summed E-state index contributed by atoms with van der Waals surface area (Å²) in [5.74, 6) is 0.667. The fraction of sp³-hybridized carbons (Fsp3) is 0.368. The molecule has 154 valence electrons. The lowest BCUT2D eigenvalue weighted by atomic mass is 10.2. The zero-order valence-electron chi connectivity index (χ0n) is 16.6. The zero-order chi connectivity index (χ0) is 21.1. The topological polar surface area (TPSA) is 104 Å². The molecule has 9 nitrogen and oxygen atoms in total. The molecule has 1 amide bonds. The first-order valence-corrected chi connectivity index (χ1v) is 9.79. The van der Waals surface area contributed by atoms with Gasteiger partial charge in [0.05, 0.1) is 25.4 Å². The van der Waals surface area contributed by atoms with Crippen LogP contribution < -0.4 is 26.0 Å². The third-order valence-corrected chi connectivity index (χ3v) is 4.90. The van der Waals surface area contributed by atoms with Crippen LogP contribution in [0.15, 0.2) is 33.2 Å². The van der Waals surface area contributed by atoms with Gasteiger partial charge in [-0.3, -0.25) is 18.7 Å². The van der Waals surface area contributed by atoms with Crippen LogP contribution in [0, 0.1) is 5.92 Å². The van der Waals surface area contributed by atoms with E-state index in [1.54, 1.807) is 23.6 Å². The molecule has 3 aromatic rings. The number of hydrogen-bond acceptors (Lipinski definition) is 7. The quantitative estimate of drug-likeness (QED) is 0.629. The molecule has 2 heterocycles. The maximum atomic E-state index is 12.9. The molecule has 0 unspecified atom stereocenters. The van der Waals surface area contributed by atoms with Gasteiger partial charge in [0.2, 0.25) is 5.91 Å². The Kier molecular flexibility index (Phi) is 6.02. The number of carbonyl (C=O) groups is 1. The van der Waals surface area contributed by atoms with Gasteiger partial charge in [0.25, 0.3) is 5.56 Å². The minimum atomic E-state index is -0.534. The van der Waals surface area contributed by atoms with Crippen molar-refractivity contribution < 1.29 is 14.3 Å². The van der Waals surface area contributed by atoms with E-state index in [0.29, 0.717) is 22.7 Å². The van der Waals surface area contributed by atoms with E-state index in [0.717, 1.165) is 16.1 Å². The van der Waals surface area contributed by atoms with Crippen LogP contribution in [0.3, 0.4) is 0 Å². The van der Waals surface area contributed by atoms with Crippen LogP contribution in [0.25, 0.3) is 11.0 Å². The van der Waals surface area contributed by atoms with Crippen molar-refractivity contribution in [1.29, 1.82) is 0 Å². The average molecular weight is 418 g/mol. The lowest BCUT2D eigenvalue weighted by molar-refractivity contribution is -0.116. The van der Waals surface area contributed by atoms with Crippen LogP contribution in [0.4, 0.5) is 5.69 Å². The number of benzene rings is 1. The molecule has 0 aliphatic carbocycles. The van der Waals surface area contributed by atoms with E-state index < -0.39 is 17.2 Å². The molecule has 0 aliphatic rings. The summed E-state index contributed by atoms with van der Waals surface area (Å²) in [7, 11) is 3.02. The molecular weight excluding hydrogens is 396 g/mol. The summed E-state index contributed by atoms with van der Waals surface area (Å²) in [6, 6.07) is 4.99. The Morgan fingerprint density at radius 2 is 1.97 bits per heavy atom. The Morgan fingerprint density at radius 1 is 1.21 bits per heavy atom. The van der Waals surface area contributed by atoms with Crippen molar-refractivity contribution in [1.82, 2.24) is 13.5 Å². The van der Waals surface area contributed by atoms with Crippen molar-refractivity contribution in [3.63, 3.8) is 0 Å². The van der Waals surface area contributed by atoms with Gasteiger partial charge in [-0.25, -0.2) is 4.79 Å². The van der Waals surface area contributed by atoms with E-state index in [-0.39, 0.29) is 24.5 Å². The summed E-state index contributed by atoms with van der Waals surface area (Å²) in [6.45, 7) is 3.80. The van der Waals surface area contributed by atoms with Crippen LogP contribution >= 0.6 is 11.5 Å². The normalized spacial score (nSPS) is 11.1. The highest BCUT2D eigenvalue weighted by Crippen LogP contribution is 2.29. The lowest BCUT2D eigenvalue weighted by Crippen LogP contribution is -2.42. The van der Waals surface area contributed by atoms with Crippen molar-refractivity contribution in [2.45, 2.75) is 26.9 Å². The first-order valence-electron chi connectivity index (χ1n) is 8.95. The Labute approximate surface area is 170 Å². The van der Waals surface area contributed by atoms with Crippen LogP contribution in [0.5, 0.6) is 11.5 Å². The molecule has 1 aromatic carbocycles. The van der Waals surface area contributed by atoms with Gasteiger partial charge in [-0.05, 0) is 29.6 Å². The number of aromatic nitrogens is 3.